The maximum Gasteiger partial charge on any atom is 0.318 e. The topological polar surface area (TPSA) is 52.6 Å². The van der Waals surface area contributed by atoms with Crippen LogP contribution in [0, 0.1) is 5.41 Å². The van der Waals surface area contributed by atoms with Crippen LogP contribution < -0.4 is 9.47 Å². The number of hydrogen-bond acceptors (Lipinski definition) is 4. The average molecular weight is 443 g/mol. The van der Waals surface area contributed by atoms with E-state index < -0.39 is 5.41 Å². The minimum atomic E-state index is -0.589. The first-order valence-electron chi connectivity index (χ1n) is 9.81. The van der Waals surface area contributed by atoms with Crippen molar-refractivity contribution in [2.75, 3.05) is 6.61 Å². The molecule has 2 aromatic rings. The van der Waals surface area contributed by atoms with Gasteiger partial charge in [-0.1, -0.05) is 28.8 Å². The van der Waals surface area contributed by atoms with E-state index in [0.717, 1.165) is 41.5 Å². The zero-order chi connectivity index (χ0) is 19.7. The van der Waals surface area contributed by atoms with Gasteiger partial charge in [-0.15, -0.1) is 0 Å². The van der Waals surface area contributed by atoms with E-state index in [4.69, 9.17) is 9.47 Å². The van der Waals surface area contributed by atoms with Crippen molar-refractivity contribution in [1.29, 1.82) is 0 Å². The summed E-state index contributed by atoms with van der Waals surface area (Å²) in [5, 5.41) is 0. The highest BCUT2D eigenvalue weighted by Gasteiger charge is 2.53. The molecule has 1 spiro atoms. The first-order chi connectivity index (χ1) is 13.5. The quantitative estimate of drug-likeness (QED) is 0.339. The molecule has 4 nitrogen and oxygen atoms in total. The van der Waals surface area contributed by atoms with Gasteiger partial charge in [0.2, 0.25) is 0 Å². The van der Waals surface area contributed by atoms with Gasteiger partial charge in [0.15, 0.2) is 5.78 Å². The fraction of sp³-hybridized carbons (Fsp3) is 0.391. The summed E-state index contributed by atoms with van der Waals surface area (Å²) in [6, 6.07) is 12.9. The van der Waals surface area contributed by atoms with E-state index in [-0.39, 0.29) is 17.7 Å². The number of fused-ring (bicyclic) bond motifs is 1. The van der Waals surface area contributed by atoms with E-state index >= 15 is 0 Å². The molecular weight excluding hydrogens is 420 g/mol. The summed E-state index contributed by atoms with van der Waals surface area (Å²) in [6.07, 6.45) is 3.84. The number of carbonyl (C=O) groups excluding carboxylic acids is 2. The van der Waals surface area contributed by atoms with Gasteiger partial charge in [0.05, 0.1) is 12.0 Å². The van der Waals surface area contributed by atoms with E-state index in [2.05, 4.69) is 15.9 Å². The second-order valence-electron chi connectivity index (χ2n) is 7.57. The Morgan fingerprint density at radius 3 is 2.57 bits per heavy atom. The predicted octanol–water partition coefficient (Wildman–Crippen LogP) is 5.68. The maximum atomic E-state index is 13.1. The van der Waals surface area contributed by atoms with Crippen LogP contribution in [0.1, 0.15) is 60.9 Å². The number of ketones is 1. The van der Waals surface area contributed by atoms with Gasteiger partial charge in [0, 0.05) is 27.9 Å². The van der Waals surface area contributed by atoms with Crippen LogP contribution in [0.15, 0.2) is 46.9 Å². The third-order valence-corrected chi connectivity index (χ3v) is 6.49. The molecule has 0 aromatic heterocycles. The molecule has 28 heavy (non-hydrogen) atoms. The minimum Gasteiger partial charge on any atom is -0.494 e. The Morgan fingerprint density at radius 2 is 1.89 bits per heavy atom. The van der Waals surface area contributed by atoms with Crippen LogP contribution in [-0.4, -0.2) is 18.4 Å². The molecule has 0 amide bonds. The normalized spacial score (nSPS) is 19.9. The van der Waals surface area contributed by atoms with Gasteiger partial charge >= 0.3 is 5.97 Å². The van der Waals surface area contributed by atoms with E-state index in [1.54, 1.807) is 12.1 Å². The molecule has 1 atom stereocenters. The van der Waals surface area contributed by atoms with E-state index in [1.807, 2.05) is 37.3 Å². The largest absolute Gasteiger partial charge is 0.494 e. The smallest absolute Gasteiger partial charge is 0.318 e. The summed E-state index contributed by atoms with van der Waals surface area (Å²) in [4.78, 5) is 26.1. The third-order valence-electron chi connectivity index (χ3n) is 6.00. The van der Waals surface area contributed by atoms with Crippen LogP contribution >= 0.6 is 15.9 Å². The highest BCUT2D eigenvalue weighted by molar-refractivity contribution is 9.10. The Kier molecular flexibility index (Phi) is 5.28. The molecule has 1 saturated carbocycles. The number of benzene rings is 2. The van der Waals surface area contributed by atoms with Gasteiger partial charge in [-0.25, -0.2) is 0 Å². The monoisotopic (exact) mass is 442 g/mol. The van der Waals surface area contributed by atoms with Crippen LogP contribution in [-0.2, 0) is 4.79 Å². The van der Waals surface area contributed by atoms with E-state index in [0.29, 0.717) is 24.3 Å². The maximum absolute atomic E-state index is 13.1. The standard InChI is InChI=1S/C23H23BrO4/c1-2-27-17-8-5-15(6-9-17)20(25)14-19-18-13-16(24)7-10-21(18)28-22(26)23(19)11-3-4-12-23/h5-10,13,19H,2-4,11-12,14H2,1H3. The van der Waals surface area contributed by atoms with Gasteiger partial charge in [-0.05, 0) is 62.2 Å². The fourth-order valence-corrected chi connectivity index (χ4v) is 4.98. The van der Waals surface area contributed by atoms with Gasteiger partial charge in [-0.3, -0.25) is 9.59 Å². The lowest BCUT2D eigenvalue weighted by molar-refractivity contribution is -0.149. The van der Waals surface area contributed by atoms with Crippen molar-refractivity contribution in [3.05, 3.63) is 58.1 Å². The average Bonchev–Trinajstić information content (AvgIpc) is 3.18. The Labute approximate surface area is 173 Å². The van der Waals surface area contributed by atoms with Crippen molar-refractivity contribution in [3.63, 3.8) is 0 Å². The molecular formula is C23H23BrO4. The number of esters is 1. The summed E-state index contributed by atoms with van der Waals surface area (Å²) in [6.45, 7) is 2.52. The highest BCUT2D eigenvalue weighted by atomic mass is 79.9. The number of halogens is 1. The molecule has 2 aromatic carbocycles. The van der Waals surface area contributed by atoms with Gasteiger partial charge in [-0.2, -0.15) is 0 Å². The summed E-state index contributed by atoms with van der Waals surface area (Å²) in [5.74, 6) is 1.03. The van der Waals surface area contributed by atoms with Gasteiger partial charge < -0.3 is 9.47 Å². The molecule has 146 valence electrons. The Bertz CT molecular complexity index is 897. The number of ether oxygens (including phenoxy) is 2. The summed E-state index contributed by atoms with van der Waals surface area (Å²) < 4.78 is 12.1. The van der Waals surface area contributed by atoms with Crippen molar-refractivity contribution in [3.8, 4) is 11.5 Å². The van der Waals surface area contributed by atoms with Crippen molar-refractivity contribution < 1.29 is 19.1 Å². The Morgan fingerprint density at radius 1 is 1.18 bits per heavy atom. The molecule has 1 heterocycles. The first kappa shape index (κ1) is 19.2. The first-order valence-corrected chi connectivity index (χ1v) is 10.6. The van der Waals surface area contributed by atoms with Gasteiger partial charge in [0.1, 0.15) is 11.5 Å². The molecule has 0 bridgehead atoms. The number of hydrogen-bond donors (Lipinski definition) is 0. The van der Waals surface area contributed by atoms with E-state index in [1.165, 1.54) is 0 Å². The van der Waals surface area contributed by atoms with Crippen LogP contribution in [0.3, 0.4) is 0 Å². The minimum absolute atomic E-state index is 0.0416. The lowest BCUT2D eigenvalue weighted by Crippen LogP contribution is -2.42. The number of Topliss-reactive ketones (excluding diaryl/α,β-unsaturated/α-hetero) is 1. The van der Waals surface area contributed by atoms with Crippen molar-refractivity contribution >= 4 is 27.7 Å². The second-order valence-corrected chi connectivity index (χ2v) is 8.49. The van der Waals surface area contributed by atoms with Crippen LogP contribution in [0.5, 0.6) is 11.5 Å². The van der Waals surface area contributed by atoms with Crippen molar-refractivity contribution in [2.45, 2.75) is 44.9 Å². The zero-order valence-electron chi connectivity index (χ0n) is 15.9. The second kappa shape index (κ2) is 7.70. The molecule has 0 saturated heterocycles. The van der Waals surface area contributed by atoms with Gasteiger partial charge in [0.25, 0.3) is 0 Å². The molecule has 1 aliphatic carbocycles. The molecule has 0 N–H and O–H groups in total. The van der Waals surface area contributed by atoms with E-state index in [9.17, 15) is 9.59 Å². The Hall–Kier alpha value is -2.14. The lowest BCUT2D eigenvalue weighted by atomic mass is 9.66. The molecule has 1 aliphatic heterocycles. The molecule has 1 fully saturated rings. The SMILES string of the molecule is CCOc1ccc(C(=O)CC2c3cc(Br)ccc3OC(=O)C23CCCC3)cc1. The molecule has 2 aliphatic rings. The predicted molar refractivity (Wildman–Crippen MR) is 110 cm³/mol. The number of carbonyl (C=O) groups is 2. The lowest BCUT2D eigenvalue weighted by Gasteiger charge is -2.40. The fourth-order valence-electron chi connectivity index (χ4n) is 4.60. The van der Waals surface area contributed by atoms with Crippen LogP contribution in [0.2, 0.25) is 0 Å². The summed E-state index contributed by atoms with van der Waals surface area (Å²) in [5.41, 5.74) is 1.01. The molecule has 4 rings (SSSR count). The number of rotatable bonds is 5. The zero-order valence-corrected chi connectivity index (χ0v) is 17.5. The summed E-state index contributed by atoms with van der Waals surface area (Å²) >= 11 is 3.52. The van der Waals surface area contributed by atoms with Crippen molar-refractivity contribution in [2.24, 2.45) is 5.41 Å². The van der Waals surface area contributed by atoms with Crippen molar-refractivity contribution in [1.82, 2.24) is 0 Å². The Balaban J connectivity index is 1.68. The molecule has 5 heteroatoms. The van der Waals surface area contributed by atoms with Crippen LogP contribution in [0.25, 0.3) is 0 Å². The van der Waals surface area contributed by atoms with Crippen LogP contribution in [0.4, 0.5) is 0 Å². The highest BCUT2D eigenvalue weighted by Crippen LogP contribution is 2.56. The molecule has 1 unspecified atom stereocenters. The summed E-state index contributed by atoms with van der Waals surface area (Å²) in [7, 11) is 0. The molecule has 0 radical (unpaired) electrons. The third kappa shape index (κ3) is 3.37.